The smallest absolute Gasteiger partial charge is 0.128 e. The maximum atomic E-state index is 13.8. The molecule has 0 spiro atoms. The van der Waals surface area contributed by atoms with Gasteiger partial charge in [0.25, 0.3) is 0 Å². The Morgan fingerprint density at radius 2 is 2.12 bits per heavy atom. The number of furan rings is 1. The van der Waals surface area contributed by atoms with Crippen molar-refractivity contribution in [3.63, 3.8) is 0 Å². The van der Waals surface area contributed by atoms with E-state index in [1.54, 1.807) is 25.4 Å². The average Bonchev–Trinajstić information content (AvgIpc) is 2.75. The number of hydrogen-bond acceptors (Lipinski definition) is 2. The Hall–Kier alpha value is -1.61. The van der Waals surface area contributed by atoms with Gasteiger partial charge in [0, 0.05) is 5.56 Å². The lowest BCUT2D eigenvalue weighted by Gasteiger charge is -2.15. The number of rotatable bonds is 3. The Bertz CT molecular complexity index is 465. The molecule has 0 fully saturated rings. The van der Waals surface area contributed by atoms with Gasteiger partial charge in [-0.1, -0.05) is 12.1 Å². The van der Waals surface area contributed by atoms with Crippen LogP contribution in [0.5, 0.6) is 0 Å². The van der Waals surface area contributed by atoms with Crippen LogP contribution in [-0.4, -0.2) is 7.05 Å². The van der Waals surface area contributed by atoms with Crippen LogP contribution >= 0.6 is 0 Å². The van der Waals surface area contributed by atoms with Crippen LogP contribution in [0.15, 0.2) is 41.0 Å². The van der Waals surface area contributed by atoms with Crippen molar-refractivity contribution in [1.29, 1.82) is 0 Å². The van der Waals surface area contributed by atoms with Gasteiger partial charge in [-0.2, -0.15) is 0 Å². The summed E-state index contributed by atoms with van der Waals surface area (Å²) in [6.07, 6.45) is 1.59. The molecule has 1 aromatic carbocycles. The van der Waals surface area contributed by atoms with Crippen molar-refractivity contribution in [1.82, 2.24) is 5.32 Å². The number of aryl methyl sites for hydroxylation is 1. The maximum Gasteiger partial charge on any atom is 0.128 e. The van der Waals surface area contributed by atoms with Crippen LogP contribution in [0.25, 0.3) is 0 Å². The molecule has 0 radical (unpaired) electrons. The predicted octanol–water partition coefficient (Wildman–Crippen LogP) is 3.04. The monoisotopic (exact) mass is 219 g/mol. The van der Waals surface area contributed by atoms with E-state index in [1.165, 1.54) is 6.07 Å². The fraction of sp³-hybridized carbons (Fsp3) is 0.231. The number of nitrogens with one attached hydrogen (secondary N) is 1. The van der Waals surface area contributed by atoms with Crippen molar-refractivity contribution < 1.29 is 8.81 Å². The van der Waals surface area contributed by atoms with E-state index in [1.807, 2.05) is 19.1 Å². The summed E-state index contributed by atoms with van der Waals surface area (Å²) in [4.78, 5) is 0. The third-order valence-electron chi connectivity index (χ3n) is 2.58. The van der Waals surface area contributed by atoms with Gasteiger partial charge in [0.1, 0.15) is 11.6 Å². The van der Waals surface area contributed by atoms with Crippen molar-refractivity contribution in [2.45, 2.75) is 13.0 Å². The van der Waals surface area contributed by atoms with Gasteiger partial charge >= 0.3 is 0 Å². The highest BCUT2D eigenvalue weighted by molar-refractivity contribution is 5.30. The molecule has 1 atom stereocenters. The van der Waals surface area contributed by atoms with E-state index in [-0.39, 0.29) is 11.9 Å². The van der Waals surface area contributed by atoms with E-state index in [0.717, 1.165) is 5.56 Å². The van der Waals surface area contributed by atoms with Gasteiger partial charge in [-0.15, -0.1) is 0 Å². The summed E-state index contributed by atoms with van der Waals surface area (Å²) in [5.41, 5.74) is 1.51. The van der Waals surface area contributed by atoms with E-state index < -0.39 is 0 Å². The molecule has 1 heterocycles. The minimum Gasteiger partial charge on any atom is -0.467 e. The molecule has 2 rings (SSSR count). The number of benzene rings is 1. The molecule has 3 heteroatoms. The average molecular weight is 219 g/mol. The van der Waals surface area contributed by atoms with Gasteiger partial charge in [0.2, 0.25) is 0 Å². The fourth-order valence-electron chi connectivity index (χ4n) is 1.77. The summed E-state index contributed by atoms with van der Waals surface area (Å²) in [5.74, 6) is 0.501. The molecular formula is C13H14FNO. The van der Waals surface area contributed by atoms with Crippen LogP contribution in [0.3, 0.4) is 0 Å². The highest BCUT2D eigenvalue weighted by Gasteiger charge is 2.18. The molecule has 0 aliphatic carbocycles. The van der Waals surface area contributed by atoms with Crippen molar-refractivity contribution in [3.05, 3.63) is 59.3 Å². The lowest BCUT2D eigenvalue weighted by atomic mass is 10.0. The Kier molecular flexibility index (Phi) is 3.06. The third kappa shape index (κ3) is 1.99. The second kappa shape index (κ2) is 4.49. The van der Waals surface area contributed by atoms with Crippen molar-refractivity contribution in [2.75, 3.05) is 7.05 Å². The van der Waals surface area contributed by atoms with E-state index in [2.05, 4.69) is 5.32 Å². The molecule has 1 aromatic heterocycles. The molecule has 16 heavy (non-hydrogen) atoms. The van der Waals surface area contributed by atoms with Gasteiger partial charge in [-0.3, -0.25) is 0 Å². The summed E-state index contributed by atoms with van der Waals surface area (Å²) in [7, 11) is 1.78. The van der Waals surface area contributed by atoms with Crippen molar-refractivity contribution in [2.24, 2.45) is 0 Å². The molecule has 0 aliphatic heterocycles. The topological polar surface area (TPSA) is 25.2 Å². The molecule has 2 nitrogen and oxygen atoms in total. The third-order valence-corrected chi connectivity index (χ3v) is 2.58. The van der Waals surface area contributed by atoms with Gasteiger partial charge in [0.05, 0.1) is 12.3 Å². The fourth-order valence-corrected chi connectivity index (χ4v) is 1.77. The molecule has 0 amide bonds. The first-order valence-corrected chi connectivity index (χ1v) is 5.19. The highest BCUT2D eigenvalue weighted by Crippen LogP contribution is 2.24. The molecule has 1 N–H and O–H groups in total. The second-order valence-electron chi connectivity index (χ2n) is 3.76. The van der Waals surface area contributed by atoms with Gasteiger partial charge in [0.15, 0.2) is 0 Å². The maximum absolute atomic E-state index is 13.8. The molecular weight excluding hydrogens is 205 g/mol. The SMILES string of the molecule is CNC(c1ccco1)c1ccc(C)cc1F. The van der Waals surface area contributed by atoms with Gasteiger partial charge in [-0.05, 0) is 37.7 Å². The van der Waals surface area contributed by atoms with Crippen molar-refractivity contribution in [3.8, 4) is 0 Å². The molecule has 2 aromatic rings. The van der Waals surface area contributed by atoms with Crippen molar-refractivity contribution >= 4 is 0 Å². The second-order valence-corrected chi connectivity index (χ2v) is 3.76. The lowest BCUT2D eigenvalue weighted by molar-refractivity contribution is 0.452. The van der Waals surface area contributed by atoms with Crippen LogP contribution in [-0.2, 0) is 0 Å². The van der Waals surface area contributed by atoms with E-state index >= 15 is 0 Å². The lowest BCUT2D eigenvalue weighted by Crippen LogP contribution is -2.18. The standard InChI is InChI=1S/C13H14FNO/c1-9-5-6-10(11(14)8-9)13(15-2)12-4-3-7-16-12/h3-8,13,15H,1-2H3. The Labute approximate surface area is 94.1 Å². The Morgan fingerprint density at radius 3 is 2.69 bits per heavy atom. The van der Waals surface area contributed by atoms with Crippen LogP contribution in [0.1, 0.15) is 22.9 Å². The first-order chi connectivity index (χ1) is 7.72. The first-order valence-electron chi connectivity index (χ1n) is 5.19. The summed E-state index contributed by atoms with van der Waals surface area (Å²) in [5, 5.41) is 3.05. The van der Waals surface area contributed by atoms with E-state index in [4.69, 9.17) is 4.42 Å². The summed E-state index contributed by atoms with van der Waals surface area (Å²) < 4.78 is 19.1. The molecule has 0 bridgehead atoms. The summed E-state index contributed by atoms with van der Waals surface area (Å²) in [6.45, 7) is 1.87. The molecule has 84 valence electrons. The molecule has 0 saturated carbocycles. The molecule has 0 aliphatic rings. The largest absolute Gasteiger partial charge is 0.467 e. The number of halogens is 1. The highest BCUT2D eigenvalue weighted by atomic mass is 19.1. The van der Waals surface area contributed by atoms with Crippen LogP contribution in [0, 0.1) is 12.7 Å². The first kappa shape index (κ1) is 10.9. The molecule has 0 saturated heterocycles. The van der Waals surface area contributed by atoms with Crippen LogP contribution in [0.2, 0.25) is 0 Å². The zero-order valence-corrected chi connectivity index (χ0v) is 9.33. The van der Waals surface area contributed by atoms with E-state index in [9.17, 15) is 4.39 Å². The molecule has 1 unspecified atom stereocenters. The Morgan fingerprint density at radius 1 is 1.31 bits per heavy atom. The van der Waals surface area contributed by atoms with Gasteiger partial charge in [-0.25, -0.2) is 4.39 Å². The normalized spacial score (nSPS) is 12.7. The zero-order valence-electron chi connectivity index (χ0n) is 9.33. The van der Waals surface area contributed by atoms with Crippen LogP contribution < -0.4 is 5.32 Å². The summed E-state index contributed by atoms with van der Waals surface area (Å²) >= 11 is 0. The summed E-state index contributed by atoms with van der Waals surface area (Å²) in [6, 6.07) is 8.60. The minimum absolute atomic E-state index is 0.212. The predicted molar refractivity (Wildman–Crippen MR) is 60.7 cm³/mol. The minimum atomic E-state index is -0.240. The van der Waals surface area contributed by atoms with Crippen LogP contribution in [0.4, 0.5) is 4.39 Å². The van der Waals surface area contributed by atoms with Gasteiger partial charge < -0.3 is 9.73 Å². The zero-order chi connectivity index (χ0) is 11.5. The Balaban J connectivity index is 2.41. The van der Waals surface area contributed by atoms with E-state index in [0.29, 0.717) is 11.3 Å². The quantitative estimate of drug-likeness (QED) is 0.858. The number of hydrogen-bond donors (Lipinski definition) is 1.